The normalized spacial score (nSPS) is 10.0. The van der Waals surface area contributed by atoms with E-state index in [0.29, 0.717) is 13.0 Å². The van der Waals surface area contributed by atoms with Crippen molar-refractivity contribution in [3.05, 3.63) is 42.2 Å². The van der Waals surface area contributed by atoms with Gasteiger partial charge in [-0.2, -0.15) is 0 Å². The Morgan fingerprint density at radius 2 is 2.14 bits per heavy atom. The second kappa shape index (κ2) is 3.87. The van der Waals surface area contributed by atoms with Gasteiger partial charge in [-0.3, -0.25) is 9.78 Å². The lowest BCUT2D eigenvalue weighted by molar-refractivity contribution is -0.109. The van der Waals surface area contributed by atoms with Crippen LogP contribution in [0.1, 0.15) is 5.69 Å². The predicted octanol–water partition coefficient (Wildman–Crippen LogP) is 1.48. The van der Waals surface area contributed by atoms with E-state index in [-0.39, 0.29) is 0 Å². The SMILES string of the molecule is O=CNCc1nccc2ccccc12. The topological polar surface area (TPSA) is 42.0 Å². The summed E-state index contributed by atoms with van der Waals surface area (Å²) < 4.78 is 0. The summed E-state index contributed by atoms with van der Waals surface area (Å²) in [6.07, 6.45) is 2.44. The summed E-state index contributed by atoms with van der Waals surface area (Å²) in [6, 6.07) is 9.94. The first-order valence-electron chi connectivity index (χ1n) is 4.41. The molecule has 0 saturated carbocycles. The van der Waals surface area contributed by atoms with Gasteiger partial charge in [0, 0.05) is 11.6 Å². The lowest BCUT2D eigenvalue weighted by Gasteiger charge is -2.03. The summed E-state index contributed by atoms with van der Waals surface area (Å²) in [5, 5.41) is 4.84. The Labute approximate surface area is 81.8 Å². The molecule has 0 spiro atoms. The van der Waals surface area contributed by atoms with E-state index in [1.165, 1.54) is 0 Å². The fraction of sp³-hybridized carbons (Fsp3) is 0.0909. The highest BCUT2D eigenvalue weighted by atomic mass is 16.1. The lowest BCUT2D eigenvalue weighted by atomic mass is 10.1. The van der Waals surface area contributed by atoms with Crippen LogP contribution < -0.4 is 5.32 Å². The van der Waals surface area contributed by atoms with Crippen molar-refractivity contribution < 1.29 is 4.79 Å². The van der Waals surface area contributed by atoms with Crippen LogP contribution >= 0.6 is 0 Å². The van der Waals surface area contributed by atoms with E-state index < -0.39 is 0 Å². The van der Waals surface area contributed by atoms with Gasteiger partial charge in [0.1, 0.15) is 0 Å². The van der Waals surface area contributed by atoms with Gasteiger partial charge in [-0.1, -0.05) is 24.3 Å². The van der Waals surface area contributed by atoms with Crippen LogP contribution in [-0.2, 0) is 11.3 Å². The number of amides is 1. The fourth-order valence-electron chi connectivity index (χ4n) is 1.46. The molecule has 0 fully saturated rings. The van der Waals surface area contributed by atoms with Gasteiger partial charge >= 0.3 is 0 Å². The molecule has 1 heterocycles. The first-order chi connectivity index (χ1) is 6.92. The van der Waals surface area contributed by atoms with Crippen molar-refractivity contribution in [1.29, 1.82) is 0 Å². The third-order valence-electron chi connectivity index (χ3n) is 2.11. The lowest BCUT2D eigenvalue weighted by Crippen LogP contribution is -2.11. The molecule has 1 aromatic carbocycles. The number of carbonyl (C=O) groups excluding carboxylic acids is 1. The van der Waals surface area contributed by atoms with E-state index in [9.17, 15) is 4.79 Å². The quantitative estimate of drug-likeness (QED) is 0.738. The van der Waals surface area contributed by atoms with Gasteiger partial charge in [-0.15, -0.1) is 0 Å². The molecule has 2 rings (SSSR count). The van der Waals surface area contributed by atoms with E-state index in [0.717, 1.165) is 16.5 Å². The molecule has 0 aliphatic rings. The van der Waals surface area contributed by atoms with E-state index in [4.69, 9.17) is 0 Å². The second-order valence-electron chi connectivity index (χ2n) is 2.98. The Bertz CT molecular complexity index is 448. The highest BCUT2D eigenvalue weighted by Crippen LogP contribution is 2.15. The molecule has 0 unspecified atom stereocenters. The number of nitrogens with one attached hydrogen (secondary N) is 1. The minimum atomic E-state index is 0.477. The van der Waals surface area contributed by atoms with E-state index in [1.54, 1.807) is 6.20 Å². The molecule has 1 aromatic heterocycles. The van der Waals surface area contributed by atoms with Crippen molar-refractivity contribution >= 4 is 17.2 Å². The Kier molecular flexibility index (Phi) is 2.40. The van der Waals surface area contributed by atoms with Crippen LogP contribution in [0.15, 0.2) is 36.5 Å². The summed E-state index contributed by atoms with van der Waals surface area (Å²) >= 11 is 0. The van der Waals surface area contributed by atoms with Crippen LogP contribution in [0.5, 0.6) is 0 Å². The number of hydrogen-bond donors (Lipinski definition) is 1. The molecule has 70 valence electrons. The van der Waals surface area contributed by atoms with Crippen molar-refractivity contribution in [3.8, 4) is 0 Å². The van der Waals surface area contributed by atoms with Gasteiger partial charge in [0.15, 0.2) is 0 Å². The molecule has 2 aromatic rings. The van der Waals surface area contributed by atoms with Gasteiger partial charge in [0.05, 0.1) is 12.2 Å². The van der Waals surface area contributed by atoms with Crippen LogP contribution in [0, 0.1) is 0 Å². The van der Waals surface area contributed by atoms with Crippen molar-refractivity contribution in [2.24, 2.45) is 0 Å². The monoisotopic (exact) mass is 186 g/mol. The van der Waals surface area contributed by atoms with E-state index >= 15 is 0 Å². The molecule has 1 N–H and O–H groups in total. The molecule has 0 radical (unpaired) electrons. The average molecular weight is 186 g/mol. The number of aromatic nitrogens is 1. The number of nitrogens with zero attached hydrogens (tertiary/aromatic N) is 1. The fourth-order valence-corrected chi connectivity index (χ4v) is 1.46. The molecule has 3 heteroatoms. The van der Waals surface area contributed by atoms with Crippen LogP contribution in [0.3, 0.4) is 0 Å². The van der Waals surface area contributed by atoms with E-state index in [2.05, 4.69) is 10.3 Å². The van der Waals surface area contributed by atoms with Crippen LogP contribution in [0.25, 0.3) is 10.8 Å². The number of pyridine rings is 1. The molecule has 3 nitrogen and oxygen atoms in total. The Morgan fingerprint density at radius 1 is 1.29 bits per heavy atom. The first-order valence-corrected chi connectivity index (χ1v) is 4.41. The highest BCUT2D eigenvalue weighted by molar-refractivity contribution is 5.84. The molecule has 0 saturated heterocycles. The first kappa shape index (κ1) is 8.69. The zero-order chi connectivity index (χ0) is 9.80. The molecule has 0 atom stereocenters. The van der Waals surface area contributed by atoms with Gasteiger partial charge in [0.2, 0.25) is 6.41 Å². The van der Waals surface area contributed by atoms with Crippen molar-refractivity contribution in [1.82, 2.24) is 10.3 Å². The van der Waals surface area contributed by atoms with Gasteiger partial charge in [-0.05, 0) is 11.5 Å². The zero-order valence-corrected chi connectivity index (χ0v) is 7.60. The molecular formula is C11H10N2O. The minimum absolute atomic E-state index is 0.477. The predicted molar refractivity (Wildman–Crippen MR) is 54.6 cm³/mol. The third-order valence-corrected chi connectivity index (χ3v) is 2.11. The van der Waals surface area contributed by atoms with Gasteiger partial charge < -0.3 is 5.32 Å². The average Bonchev–Trinajstić information content (AvgIpc) is 2.26. The highest BCUT2D eigenvalue weighted by Gasteiger charge is 1.99. The van der Waals surface area contributed by atoms with Crippen molar-refractivity contribution in [2.75, 3.05) is 0 Å². The molecule has 1 amide bonds. The minimum Gasteiger partial charge on any atom is -0.353 e. The van der Waals surface area contributed by atoms with Crippen LogP contribution in [0.4, 0.5) is 0 Å². The van der Waals surface area contributed by atoms with E-state index in [1.807, 2.05) is 30.3 Å². The second-order valence-corrected chi connectivity index (χ2v) is 2.98. The molecule has 0 aliphatic carbocycles. The van der Waals surface area contributed by atoms with Gasteiger partial charge in [0.25, 0.3) is 0 Å². The largest absolute Gasteiger partial charge is 0.353 e. The van der Waals surface area contributed by atoms with Crippen molar-refractivity contribution in [2.45, 2.75) is 6.54 Å². The van der Waals surface area contributed by atoms with Crippen LogP contribution in [-0.4, -0.2) is 11.4 Å². The maximum atomic E-state index is 10.2. The smallest absolute Gasteiger partial charge is 0.207 e. The molecule has 14 heavy (non-hydrogen) atoms. The molecule has 0 bridgehead atoms. The standard InChI is InChI=1S/C11H10N2O/c14-8-12-7-11-10-4-2-1-3-9(10)5-6-13-11/h1-6,8H,7H2,(H,12,14). The summed E-state index contributed by atoms with van der Waals surface area (Å²) in [5.41, 5.74) is 0.898. The number of benzene rings is 1. The number of carbonyl (C=O) groups is 1. The summed E-state index contributed by atoms with van der Waals surface area (Å²) in [7, 11) is 0. The number of hydrogen-bond acceptors (Lipinski definition) is 2. The molecular weight excluding hydrogens is 176 g/mol. The van der Waals surface area contributed by atoms with Crippen LogP contribution in [0.2, 0.25) is 0 Å². The maximum Gasteiger partial charge on any atom is 0.207 e. The Morgan fingerprint density at radius 3 is 3.00 bits per heavy atom. The van der Waals surface area contributed by atoms with Gasteiger partial charge in [-0.25, -0.2) is 0 Å². The number of fused-ring (bicyclic) bond motifs is 1. The summed E-state index contributed by atoms with van der Waals surface area (Å²) in [6.45, 7) is 0.477. The Balaban J connectivity index is 2.48. The molecule has 0 aliphatic heterocycles. The maximum absolute atomic E-state index is 10.2. The summed E-state index contributed by atoms with van der Waals surface area (Å²) in [5.74, 6) is 0. The third kappa shape index (κ3) is 1.57. The number of rotatable bonds is 3. The summed E-state index contributed by atoms with van der Waals surface area (Å²) in [4.78, 5) is 14.4. The van der Waals surface area contributed by atoms with Crippen molar-refractivity contribution in [3.63, 3.8) is 0 Å². The Hall–Kier alpha value is -1.90. The zero-order valence-electron chi connectivity index (χ0n) is 7.60.